The van der Waals surface area contributed by atoms with E-state index < -0.39 is 0 Å². The van der Waals surface area contributed by atoms with E-state index >= 15 is 0 Å². The number of allylic oxidation sites excluding steroid dienone is 1. The summed E-state index contributed by atoms with van der Waals surface area (Å²) in [4.78, 5) is 0. The molecule has 4 nitrogen and oxygen atoms in total. The highest BCUT2D eigenvalue weighted by Crippen LogP contribution is 2.54. The molecular weight excluding hydrogens is 357 g/mol. The van der Waals surface area contributed by atoms with Crippen molar-refractivity contribution in [3.8, 4) is 17.2 Å². The highest BCUT2D eigenvalue weighted by Gasteiger charge is 2.37. The average Bonchev–Trinajstić information content (AvgIpc) is 2.63. The van der Waals surface area contributed by atoms with Gasteiger partial charge < -0.3 is 19.5 Å². The third-order valence-electron chi connectivity index (χ3n) is 4.82. The number of hydrogen-bond donors (Lipinski definition) is 1. The number of nitrogens with one attached hydrogen (secondary N) is 1. The fraction of sp³-hybridized carbons (Fsp3) is 0.300. The van der Waals surface area contributed by atoms with Gasteiger partial charge in [0.05, 0.1) is 21.3 Å². The van der Waals surface area contributed by atoms with Gasteiger partial charge in [0.15, 0.2) is 11.5 Å². The summed E-state index contributed by atoms with van der Waals surface area (Å²) in [7, 11) is 4.65. The Kier molecular flexibility index (Phi) is 5.01. The molecule has 6 heteroatoms. The number of fused-ring (bicyclic) bond motifs is 1. The minimum Gasteiger partial charge on any atom is -0.493 e. The van der Waals surface area contributed by atoms with Crippen molar-refractivity contribution in [1.82, 2.24) is 0 Å². The zero-order valence-corrected chi connectivity index (χ0v) is 15.9. The molecule has 2 aromatic rings. The molecule has 1 aliphatic heterocycles. The molecule has 0 spiro atoms. The van der Waals surface area contributed by atoms with Crippen molar-refractivity contribution in [1.29, 1.82) is 0 Å². The van der Waals surface area contributed by atoms with Gasteiger partial charge >= 0.3 is 0 Å². The quantitative estimate of drug-likeness (QED) is 0.793. The minimum atomic E-state index is -0.341. The second kappa shape index (κ2) is 7.08. The molecule has 0 fully saturated rings. The molecule has 0 aliphatic carbocycles. The van der Waals surface area contributed by atoms with Crippen molar-refractivity contribution in [3.63, 3.8) is 0 Å². The summed E-state index contributed by atoms with van der Waals surface area (Å²) < 4.78 is 31.3. The van der Waals surface area contributed by atoms with Crippen LogP contribution in [0.25, 0.3) is 0 Å². The Morgan fingerprint density at radius 1 is 1.08 bits per heavy atom. The van der Waals surface area contributed by atoms with Gasteiger partial charge in [0.2, 0.25) is 5.75 Å². The van der Waals surface area contributed by atoms with Gasteiger partial charge in [-0.2, -0.15) is 0 Å². The number of halogens is 2. The third-order valence-corrected chi connectivity index (χ3v) is 5.05. The van der Waals surface area contributed by atoms with Crippen molar-refractivity contribution < 1.29 is 18.6 Å². The standard InChI is InChI=1S/C20H21ClFNO3/c1-10-11(2)23-15-9-16(24-3)19(25-4)20(26-5)18(15)17(10)13-8-12(21)6-7-14(13)22/h6-10,17,23H,2H2,1,3-5H3. The van der Waals surface area contributed by atoms with Crippen LogP contribution >= 0.6 is 11.6 Å². The van der Waals surface area contributed by atoms with Crippen LogP contribution in [0.15, 0.2) is 36.5 Å². The van der Waals surface area contributed by atoms with Gasteiger partial charge in [-0.1, -0.05) is 25.1 Å². The van der Waals surface area contributed by atoms with Crippen LogP contribution in [0.3, 0.4) is 0 Å². The number of benzene rings is 2. The molecule has 26 heavy (non-hydrogen) atoms. The fourth-order valence-corrected chi connectivity index (χ4v) is 3.69. The van der Waals surface area contributed by atoms with E-state index in [9.17, 15) is 4.39 Å². The summed E-state index contributed by atoms with van der Waals surface area (Å²) in [6.45, 7) is 6.08. The number of ether oxygens (including phenoxy) is 3. The van der Waals surface area contributed by atoms with Crippen LogP contribution in [0, 0.1) is 11.7 Å². The average molecular weight is 378 g/mol. The van der Waals surface area contributed by atoms with Gasteiger partial charge in [-0.3, -0.25) is 0 Å². The Balaban J connectivity index is 2.35. The summed E-state index contributed by atoms with van der Waals surface area (Å²) in [5, 5.41) is 3.75. The molecule has 0 saturated carbocycles. The second-order valence-corrected chi connectivity index (χ2v) is 6.63. The molecule has 0 radical (unpaired) electrons. The Morgan fingerprint density at radius 2 is 1.77 bits per heavy atom. The molecule has 0 amide bonds. The van der Waals surface area contributed by atoms with Crippen LogP contribution in [0.5, 0.6) is 17.2 Å². The molecule has 0 aromatic heterocycles. The number of rotatable bonds is 4. The van der Waals surface area contributed by atoms with Crippen molar-refractivity contribution in [2.24, 2.45) is 5.92 Å². The van der Waals surface area contributed by atoms with Gasteiger partial charge in [-0.15, -0.1) is 0 Å². The topological polar surface area (TPSA) is 39.7 Å². The lowest BCUT2D eigenvalue weighted by atomic mass is 9.76. The first kappa shape index (κ1) is 18.4. The van der Waals surface area contributed by atoms with E-state index in [-0.39, 0.29) is 17.7 Å². The van der Waals surface area contributed by atoms with E-state index in [0.717, 1.165) is 16.9 Å². The van der Waals surface area contributed by atoms with Gasteiger partial charge in [-0.25, -0.2) is 4.39 Å². The number of hydrogen-bond acceptors (Lipinski definition) is 4. The zero-order chi connectivity index (χ0) is 19.0. The monoisotopic (exact) mass is 377 g/mol. The number of anilines is 1. The highest BCUT2D eigenvalue weighted by molar-refractivity contribution is 6.30. The van der Waals surface area contributed by atoms with Crippen LogP contribution in [-0.2, 0) is 0 Å². The van der Waals surface area contributed by atoms with E-state index in [4.69, 9.17) is 25.8 Å². The zero-order valence-electron chi connectivity index (χ0n) is 15.2. The maximum Gasteiger partial charge on any atom is 0.203 e. The van der Waals surface area contributed by atoms with Crippen molar-refractivity contribution in [2.45, 2.75) is 12.8 Å². The lowest BCUT2D eigenvalue weighted by Crippen LogP contribution is -2.26. The van der Waals surface area contributed by atoms with E-state index in [1.807, 2.05) is 13.0 Å². The molecule has 3 rings (SSSR count). The van der Waals surface area contributed by atoms with Crippen molar-refractivity contribution in [2.75, 3.05) is 26.6 Å². The maximum atomic E-state index is 14.7. The van der Waals surface area contributed by atoms with Crippen LogP contribution < -0.4 is 19.5 Å². The Bertz CT molecular complexity index is 869. The Morgan fingerprint density at radius 3 is 2.38 bits per heavy atom. The summed E-state index contributed by atoms with van der Waals surface area (Å²) in [5.74, 6) is 0.711. The fourth-order valence-electron chi connectivity index (χ4n) is 3.51. The first-order valence-electron chi connectivity index (χ1n) is 8.16. The minimum absolute atomic E-state index is 0.0949. The first-order chi connectivity index (χ1) is 12.4. The molecule has 1 heterocycles. The molecule has 2 atom stereocenters. The van der Waals surface area contributed by atoms with Crippen molar-refractivity contribution in [3.05, 3.63) is 58.5 Å². The van der Waals surface area contributed by atoms with Crippen LogP contribution in [0.4, 0.5) is 10.1 Å². The summed E-state index contributed by atoms with van der Waals surface area (Å²) in [6.07, 6.45) is 0. The summed E-state index contributed by atoms with van der Waals surface area (Å²) in [6, 6.07) is 6.37. The smallest absolute Gasteiger partial charge is 0.203 e. The predicted molar refractivity (Wildman–Crippen MR) is 101 cm³/mol. The predicted octanol–water partition coefficient (Wildman–Crippen LogP) is 5.21. The first-order valence-corrected chi connectivity index (χ1v) is 8.54. The van der Waals surface area contributed by atoms with Crippen LogP contribution in [0.1, 0.15) is 24.0 Å². The SMILES string of the molecule is C=C1Nc2cc(OC)c(OC)c(OC)c2C(c2cc(Cl)ccc2F)C1C. The maximum absolute atomic E-state index is 14.7. The van der Waals surface area contributed by atoms with Crippen LogP contribution in [0.2, 0.25) is 5.02 Å². The molecule has 1 aliphatic rings. The van der Waals surface area contributed by atoms with E-state index in [0.29, 0.717) is 27.8 Å². The largest absolute Gasteiger partial charge is 0.493 e. The highest BCUT2D eigenvalue weighted by atomic mass is 35.5. The third kappa shape index (κ3) is 2.86. The van der Waals surface area contributed by atoms with Gasteiger partial charge in [0.25, 0.3) is 0 Å². The van der Waals surface area contributed by atoms with Crippen LogP contribution in [-0.4, -0.2) is 21.3 Å². The lowest BCUT2D eigenvalue weighted by Gasteiger charge is -2.36. The molecule has 138 valence electrons. The van der Waals surface area contributed by atoms with Gasteiger partial charge in [-0.05, 0) is 23.8 Å². The van der Waals surface area contributed by atoms with Gasteiger partial charge in [0.1, 0.15) is 5.82 Å². The Hall–Kier alpha value is -2.40. The van der Waals surface area contributed by atoms with Crippen molar-refractivity contribution >= 4 is 17.3 Å². The molecule has 1 N–H and O–H groups in total. The number of methoxy groups -OCH3 is 3. The van der Waals surface area contributed by atoms with E-state index in [2.05, 4.69) is 11.9 Å². The lowest BCUT2D eigenvalue weighted by molar-refractivity contribution is 0.319. The molecule has 2 aromatic carbocycles. The Labute approximate surface area is 157 Å². The molecule has 2 unspecified atom stereocenters. The normalized spacial score (nSPS) is 18.8. The molecule has 0 saturated heterocycles. The second-order valence-electron chi connectivity index (χ2n) is 6.19. The summed E-state index contributed by atoms with van der Waals surface area (Å²) in [5.41, 5.74) is 2.79. The molecule has 0 bridgehead atoms. The van der Waals surface area contributed by atoms with Gasteiger partial charge in [0, 0.05) is 39.9 Å². The molecular formula is C20H21ClFNO3. The summed E-state index contributed by atoms with van der Waals surface area (Å²) >= 11 is 6.15. The van der Waals surface area contributed by atoms with E-state index in [1.54, 1.807) is 27.4 Å². The van der Waals surface area contributed by atoms with E-state index in [1.165, 1.54) is 12.1 Å².